The number of pyridine rings is 1. The standard InChI is InChI=1S/C16H18ClN3O2S/c1-12-10-19(2)15-5-3-4-6-16(15)20(11-12)23(21,22)14-7-13(17)8-18-9-14/h3-9,12H,10-11H2,1-2H3. The number of para-hydroxylation sites is 2. The summed E-state index contributed by atoms with van der Waals surface area (Å²) in [7, 11) is -1.74. The molecule has 0 fully saturated rings. The number of anilines is 2. The van der Waals surface area contributed by atoms with Crippen LogP contribution in [0.1, 0.15) is 6.92 Å². The molecule has 122 valence electrons. The van der Waals surface area contributed by atoms with Gasteiger partial charge in [-0.1, -0.05) is 30.7 Å². The Morgan fingerprint density at radius 3 is 2.57 bits per heavy atom. The van der Waals surface area contributed by atoms with Crippen LogP contribution in [0.3, 0.4) is 0 Å². The van der Waals surface area contributed by atoms with E-state index in [1.54, 1.807) is 0 Å². The monoisotopic (exact) mass is 351 g/mol. The van der Waals surface area contributed by atoms with Gasteiger partial charge in [-0.15, -0.1) is 0 Å². The summed E-state index contributed by atoms with van der Waals surface area (Å²) in [6.45, 7) is 3.24. The summed E-state index contributed by atoms with van der Waals surface area (Å²) in [5, 5.41) is 0.305. The van der Waals surface area contributed by atoms with Crippen LogP contribution < -0.4 is 9.21 Å². The maximum absolute atomic E-state index is 13.1. The molecule has 2 aromatic rings. The van der Waals surface area contributed by atoms with E-state index in [2.05, 4.69) is 9.88 Å². The number of aromatic nitrogens is 1. The summed E-state index contributed by atoms with van der Waals surface area (Å²) in [5.41, 5.74) is 1.58. The van der Waals surface area contributed by atoms with E-state index >= 15 is 0 Å². The van der Waals surface area contributed by atoms with Crippen molar-refractivity contribution in [3.05, 3.63) is 47.7 Å². The Bertz CT molecular complexity index is 826. The van der Waals surface area contributed by atoms with Crippen molar-refractivity contribution in [2.75, 3.05) is 29.3 Å². The Morgan fingerprint density at radius 1 is 1.17 bits per heavy atom. The number of hydrogen-bond acceptors (Lipinski definition) is 4. The van der Waals surface area contributed by atoms with Gasteiger partial charge in [-0.3, -0.25) is 9.29 Å². The van der Waals surface area contributed by atoms with Crippen molar-refractivity contribution in [3.63, 3.8) is 0 Å². The van der Waals surface area contributed by atoms with Crippen LogP contribution in [0.15, 0.2) is 47.6 Å². The molecule has 1 aromatic carbocycles. The lowest BCUT2D eigenvalue weighted by molar-refractivity contribution is 0.566. The number of fused-ring (bicyclic) bond motifs is 1. The molecule has 3 rings (SSSR count). The summed E-state index contributed by atoms with van der Waals surface area (Å²) >= 11 is 5.92. The van der Waals surface area contributed by atoms with Crippen LogP contribution in [-0.2, 0) is 10.0 Å². The average molecular weight is 352 g/mol. The molecule has 0 amide bonds. The van der Waals surface area contributed by atoms with Gasteiger partial charge in [-0.05, 0) is 24.1 Å². The Balaban J connectivity index is 2.15. The lowest BCUT2D eigenvalue weighted by Gasteiger charge is -2.25. The van der Waals surface area contributed by atoms with Crippen molar-refractivity contribution in [1.82, 2.24) is 4.98 Å². The maximum Gasteiger partial charge on any atom is 0.265 e. The fourth-order valence-corrected chi connectivity index (χ4v) is 4.72. The smallest absolute Gasteiger partial charge is 0.265 e. The molecule has 7 heteroatoms. The fourth-order valence-electron chi connectivity index (χ4n) is 2.89. The molecule has 0 saturated heterocycles. The minimum Gasteiger partial charge on any atom is -0.373 e. The molecule has 1 aromatic heterocycles. The normalized spacial score (nSPS) is 18.5. The van der Waals surface area contributed by atoms with Gasteiger partial charge in [0.05, 0.1) is 16.4 Å². The molecular weight excluding hydrogens is 334 g/mol. The Morgan fingerprint density at radius 2 is 1.87 bits per heavy atom. The van der Waals surface area contributed by atoms with Crippen molar-refractivity contribution in [1.29, 1.82) is 0 Å². The van der Waals surface area contributed by atoms with Crippen molar-refractivity contribution in [2.24, 2.45) is 5.92 Å². The molecule has 5 nitrogen and oxygen atoms in total. The summed E-state index contributed by atoms with van der Waals surface area (Å²) in [6, 6.07) is 8.97. The topological polar surface area (TPSA) is 53.5 Å². The predicted octanol–water partition coefficient (Wildman–Crippen LogP) is 3.02. The van der Waals surface area contributed by atoms with Crippen LogP contribution in [0.5, 0.6) is 0 Å². The SMILES string of the molecule is CC1CN(C)c2ccccc2N(S(=O)(=O)c2cncc(Cl)c2)C1. The predicted molar refractivity (Wildman–Crippen MR) is 92.7 cm³/mol. The molecule has 0 bridgehead atoms. The Hall–Kier alpha value is -1.79. The van der Waals surface area contributed by atoms with Crippen molar-refractivity contribution in [3.8, 4) is 0 Å². The van der Waals surface area contributed by atoms with Gasteiger partial charge < -0.3 is 4.90 Å². The number of hydrogen-bond donors (Lipinski definition) is 0. The van der Waals surface area contributed by atoms with E-state index in [4.69, 9.17) is 11.6 Å². The summed E-state index contributed by atoms with van der Waals surface area (Å²) in [5.74, 6) is 0.189. The molecule has 0 spiro atoms. The van der Waals surface area contributed by atoms with E-state index in [-0.39, 0.29) is 10.8 Å². The van der Waals surface area contributed by atoms with E-state index in [0.717, 1.165) is 12.2 Å². The van der Waals surface area contributed by atoms with E-state index in [0.29, 0.717) is 17.3 Å². The molecule has 1 aliphatic heterocycles. The first-order chi connectivity index (χ1) is 10.9. The summed E-state index contributed by atoms with van der Waals surface area (Å²) in [4.78, 5) is 6.11. The summed E-state index contributed by atoms with van der Waals surface area (Å²) < 4.78 is 27.7. The highest BCUT2D eigenvalue weighted by atomic mass is 35.5. The van der Waals surface area contributed by atoms with Crippen LogP contribution in [-0.4, -0.2) is 33.5 Å². The number of rotatable bonds is 2. The second kappa shape index (κ2) is 6.02. The highest BCUT2D eigenvalue weighted by molar-refractivity contribution is 7.92. The van der Waals surface area contributed by atoms with Crippen molar-refractivity contribution < 1.29 is 8.42 Å². The molecule has 1 aliphatic rings. The molecule has 1 unspecified atom stereocenters. The molecular formula is C16H18ClN3O2S. The van der Waals surface area contributed by atoms with E-state index in [9.17, 15) is 8.42 Å². The first-order valence-electron chi connectivity index (χ1n) is 7.33. The third-order valence-corrected chi connectivity index (χ3v) is 5.84. The highest BCUT2D eigenvalue weighted by Gasteiger charge is 2.32. The minimum atomic E-state index is -3.72. The van der Waals surface area contributed by atoms with Gasteiger partial charge in [0, 0.05) is 32.5 Å². The number of nitrogens with zero attached hydrogens (tertiary/aromatic N) is 3. The van der Waals surface area contributed by atoms with Crippen molar-refractivity contribution >= 4 is 33.0 Å². The first-order valence-corrected chi connectivity index (χ1v) is 9.15. The van der Waals surface area contributed by atoms with Crippen LogP contribution in [0.2, 0.25) is 5.02 Å². The van der Waals surface area contributed by atoms with Gasteiger partial charge in [0.25, 0.3) is 10.0 Å². The largest absolute Gasteiger partial charge is 0.373 e. The molecule has 1 atom stereocenters. The number of sulfonamides is 1. The fraction of sp³-hybridized carbons (Fsp3) is 0.312. The van der Waals surface area contributed by atoms with Crippen molar-refractivity contribution in [2.45, 2.75) is 11.8 Å². The highest BCUT2D eigenvalue weighted by Crippen LogP contribution is 2.36. The molecule has 2 heterocycles. The van der Waals surface area contributed by atoms with Gasteiger partial charge in [-0.2, -0.15) is 0 Å². The van der Waals surface area contributed by atoms with E-state index in [1.807, 2.05) is 38.2 Å². The first kappa shape index (κ1) is 16.1. The van der Waals surface area contributed by atoms with E-state index in [1.165, 1.54) is 22.8 Å². The van der Waals surface area contributed by atoms with Crippen LogP contribution in [0.25, 0.3) is 0 Å². The average Bonchev–Trinajstić information content (AvgIpc) is 2.64. The molecule has 0 saturated carbocycles. The van der Waals surface area contributed by atoms with Gasteiger partial charge in [0.2, 0.25) is 0 Å². The zero-order valence-electron chi connectivity index (χ0n) is 13.0. The molecule has 0 radical (unpaired) electrons. The molecule has 0 aliphatic carbocycles. The van der Waals surface area contributed by atoms with E-state index < -0.39 is 10.0 Å². The van der Waals surface area contributed by atoms with Crippen LogP contribution in [0.4, 0.5) is 11.4 Å². The second-order valence-corrected chi connectivity index (χ2v) is 8.15. The Labute approximate surface area is 141 Å². The Kier molecular flexibility index (Phi) is 4.21. The zero-order chi connectivity index (χ0) is 16.6. The minimum absolute atomic E-state index is 0.108. The third-order valence-electron chi connectivity index (χ3n) is 3.89. The van der Waals surface area contributed by atoms with Gasteiger partial charge in [0.1, 0.15) is 4.90 Å². The molecule has 23 heavy (non-hydrogen) atoms. The maximum atomic E-state index is 13.1. The van der Waals surface area contributed by atoms with Gasteiger partial charge in [-0.25, -0.2) is 8.42 Å². The lowest BCUT2D eigenvalue weighted by atomic mass is 10.2. The third kappa shape index (κ3) is 3.01. The van der Waals surface area contributed by atoms with Crippen LogP contribution >= 0.6 is 11.6 Å². The molecule has 0 N–H and O–H groups in total. The van der Waals surface area contributed by atoms with Gasteiger partial charge in [0.15, 0.2) is 0 Å². The van der Waals surface area contributed by atoms with Gasteiger partial charge >= 0.3 is 0 Å². The number of benzene rings is 1. The zero-order valence-corrected chi connectivity index (χ0v) is 14.5. The van der Waals surface area contributed by atoms with Crippen LogP contribution in [0, 0.1) is 5.92 Å². The second-order valence-electron chi connectivity index (χ2n) is 5.85. The number of halogens is 1. The lowest BCUT2D eigenvalue weighted by Crippen LogP contribution is -2.35. The summed E-state index contributed by atoms with van der Waals surface area (Å²) in [6.07, 6.45) is 2.76. The quantitative estimate of drug-likeness (QED) is 0.834.